The Morgan fingerprint density at radius 1 is 0.388 bits per heavy atom. The highest BCUT2D eigenvalue weighted by molar-refractivity contribution is 6.97. The van der Waals surface area contributed by atoms with Crippen LogP contribution in [0.1, 0.15) is 90.0 Å². The van der Waals surface area contributed by atoms with Crippen molar-refractivity contribution < 1.29 is 17.1 Å². The average molecular weight is 759 g/mol. The zero-order valence-electron chi connectivity index (χ0n) is 34.7. The van der Waals surface area contributed by atoms with Crippen molar-refractivity contribution in [3.63, 3.8) is 0 Å². The van der Waals surface area contributed by atoms with Gasteiger partial charge in [-0.05, 0) is 50.3 Å². The van der Waals surface area contributed by atoms with Crippen LogP contribution in [0.25, 0.3) is 0 Å². The molecular formula is C40H75AlO4Si4. The van der Waals surface area contributed by atoms with E-state index in [0.29, 0.717) is 0 Å². The van der Waals surface area contributed by atoms with Gasteiger partial charge in [-0.1, -0.05) is 163 Å². The van der Waals surface area contributed by atoms with Crippen molar-refractivity contribution in [3.05, 3.63) is 24.3 Å². The normalized spacial score (nSPS) is 12.6. The summed E-state index contributed by atoms with van der Waals surface area (Å²) in [5.74, 6) is 4.48. The maximum absolute atomic E-state index is 7.68. The van der Waals surface area contributed by atoms with Gasteiger partial charge in [0.1, 0.15) is 11.5 Å². The summed E-state index contributed by atoms with van der Waals surface area (Å²) in [6, 6.07) is 24.1. The van der Waals surface area contributed by atoms with Crippen LogP contribution in [0.15, 0.2) is 24.3 Å². The lowest BCUT2D eigenvalue weighted by molar-refractivity contribution is 0.410. The largest absolute Gasteiger partial charge is 0.856 e. The number of hydrogen-bond acceptors (Lipinski definition) is 4. The zero-order chi connectivity index (χ0) is 37.0. The highest BCUT2D eigenvalue weighted by Gasteiger charge is 2.45. The van der Waals surface area contributed by atoms with Crippen molar-refractivity contribution in [1.29, 1.82) is 0 Å². The van der Waals surface area contributed by atoms with Crippen LogP contribution >= 0.6 is 0 Å². The molecule has 0 aliphatic carbocycles. The van der Waals surface area contributed by atoms with E-state index in [-0.39, 0.29) is 0 Å². The van der Waals surface area contributed by atoms with Crippen LogP contribution in [0.5, 0.6) is 23.0 Å². The maximum Gasteiger partial charge on any atom is 0.856 e. The minimum Gasteiger partial charge on any atom is -0.612 e. The topological polar surface area (TPSA) is 36.9 Å². The molecule has 4 nitrogen and oxygen atoms in total. The fraction of sp³-hybridized carbons (Fsp3) is 0.700. The molecule has 0 atom stereocenters. The van der Waals surface area contributed by atoms with Crippen molar-refractivity contribution in [2.24, 2.45) is 0 Å². The molecule has 0 saturated carbocycles. The lowest BCUT2D eigenvalue weighted by atomic mass is 10.3. The van der Waals surface area contributed by atoms with Gasteiger partial charge in [0, 0.05) is 0 Å². The molecule has 0 saturated heterocycles. The van der Waals surface area contributed by atoms with E-state index in [4.69, 9.17) is 17.1 Å². The molecule has 0 bridgehead atoms. The van der Waals surface area contributed by atoms with Gasteiger partial charge in [0.25, 0.3) is 0 Å². The predicted octanol–water partition coefficient (Wildman–Crippen LogP) is 10.5. The second-order valence-electron chi connectivity index (χ2n) is 14.5. The summed E-state index contributed by atoms with van der Waals surface area (Å²) in [6.45, 7) is 31.3. The molecule has 0 aromatic heterocycles. The van der Waals surface area contributed by atoms with Crippen molar-refractivity contribution in [2.45, 2.75) is 168 Å². The third-order valence-electron chi connectivity index (χ3n) is 13.8. The number of benzene rings is 2. The second kappa shape index (κ2) is 19.8. The molecular weight excluding hydrogens is 684 g/mol. The molecule has 2 aromatic rings. The maximum atomic E-state index is 7.68. The molecule has 0 aliphatic heterocycles. The average Bonchev–Trinajstić information content (AvgIpc) is 3.16. The van der Waals surface area contributed by atoms with E-state index in [9.17, 15) is 0 Å². The van der Waals surface area contributed by atoms with Crippen LogP contribution < -0.4 is 37.8 Å². The summed E-state index contributed by atoms with van der Waals surface area (Å²) in [5, 5.41) is 6.89. The van der Waals surface area contributed by atoms with Crippen LogP contribution in [-0.2, 0) is 0 Å². The first-order valence-corrected chi connectivity index (χ1v) is 32.5. The van der Waals surface area contributed by atoms with E-state index in [1.807, 2.05) is 14.2 Å². The minimum absolute atomic E-state index is 0.922. The Hall–Kier alpha value is -0.960. The fourth-order valence-corrected chi connectivity index (χ4v) is 26.2. The second-order valence-corrected chi connectivity index (χ2v) is 37.6. The van der Waals surface area contributed by atoms with Crippen LogP contribution in [0.3, 0.4) is 0 Å². The molecule has 278 valence electrons. The first kappa shape index (κ1) is 44.2. The van der Waals surface area contributed by atoms with E-state index in [2.05, 4.69) is 114 Å². The Bertz CT molecular complexity index is 1090. The smallest absolute Gasteiger partial charge is 0.612 e. The third kappa shape index (κ3) is 8.65. The Morgan fingerprint density at radius 3 is 0.735 bits per heavy atom. The fourth-order valence-electron chi connectivity index (χ4n) is 9.01. The number of methoxy groups -OCH3 is 2. The Labute approximate surface area is 312 Å². The van der Waals surface area contributed by atoms with Gasteiger partial charge in [0.2, 0.25) is 0 Å². The van der Waals surface area contributed by atoms with Crippen LogP contribution in [0.2, 0.25) is 77.8 Å². The molecule has 0 spiro atoms. The van der Waals surface area contributed by atoms with Gasteiger partial charge >= 0.3 is 14.8 Å². The van der Waals surface area contributed by atoms with Crippen molar-refractivity contribution in [2.75, 3.05) is 14.2 Å². The van der Waals surface area contributed by atoms with Crippen LogP contribution in [0.4, 0.5) is 0 Å². The Morgan fingerprint density at radius 2 is 0.592 bits per heavy atom. The van der Waals surface area contributed by atoms with E-state index >= 15 is 0 Å². The molecule has 0 amide bonds. The first-order valence-electron chi connectivity index (χ1n) is 20.3. The van der Waals surface area contributed by atoms with Gasteiger partial charge < -0.3 is 17.1 Å². The van der Waals surface area contributed by atoms with Gasteiger partial charge in [-0.25, -0.2) is 0 Å². The molecule has 0 aliphatic rings. The van der Waals surface area contributed by atoms with E-state index < -0.39 is 47.1 Å². The van der Waals surface area contributed by atoms with Crippen molar-refractivity contribution >= 4 is 67.9 Å². The number of ether oxygens (including phenoxy) is 2. The van der Waals surface area contributed by atoms with E-state index in [1.165, 1.54) is 105 Å². The molecule has 2 aromatic carbocycles. The third-order valence-corrected chi connectivity index (χ3v) is 37.8. The highest BCUT2D eigenvalue weighted by atomic mass is 28.3. The van der Waals surface area contributed by atoms with Gasteiger partial charge in [0.05, 0.1) is 58.0 Å². The number of hydrogen-bond donors (Lipinski definition) is 0. The molecule has 49 heavy (non-hydrogen) atoms. The summed E-state index contributed by atoms with van der Waals surface area (Å²) >= 11 is -2.24. The van der Waals surface area contributed by atoms with Gasteiger partial charge in [-0.2, -0.15) is 0 Å². The summed E-state index contributed by atoms with van der Waals surface area (Å²) in [7, 11) is -3.72. The Balaban J connectivity index is 3.11. The summed E-state index contributed by atoms with van der Waals surface area (Å²) in [6.07, 6.45) is 0. The SMILES string of the molecule is C[CH2][Al]([O]c1c([Si](CC)(CC)CC)cc(OC)cc1[Si](CC)(CC)CC)[O]c1c([Si](CC)(CC)CC)cc(OC)cc1[Si](CC)(CC)CC. The monoisotopic (exact) mass is 758 g/mol. The lowest BCUT2D eigenvalue weighted by Crippen LogP contribution is -2.56. The molecule has 0 radical (unpaired) electrons. The molecule has 0 heterocycles. The van der Waals surface area contributed by atoms with E-state index in [1.54, 1.807) is 0 Å². The van der Waals surface area contributed by atoms with E-state index in [0.717, 1.165) is 16.8 Å². The molecule has 0 fully saturated rings. The quantitative estimate of drug-likeness (QED) is 0.106. The number of rotatable bonds is 23. The zero-order valence-corrected chi connectivity index (χ0v) is 39.9. The van der Waals surface area contributed by atoms with Crippen molar-refractivity contribution in [3.8, 4) is 23.0 Å². The molecule has 2 rings (SSSR count). The molecule has 0 unspecified atom stereocenters. The minimum atomic E-state index is -2.24. The Kier molecular flexibility index (Phi) is 17.8. The van der Waals surface area contributed by atoms with Crippen molar-refractivity contribution in [1.82, 2.24) is 0 Å². The van der Waals surface area contributed by atoms with Crippen LogP contribution in [0, 0.1) is 0 Å². The van der Waals surface area contributed by atoms with Gasteiger partial charge in [-0.15, -0.1) is 0 Å². The summed E-state index contributed by atoms with van der Waals surface area (Å²) in [4.78, 5) is 0. The highest BCUT2D eigenvalue weighted by Crippen LogP contribution is 2.35. The standard InChI is InChI=1S/2C19H36O2Si2.C2H5.Al/c2*1-8-22(9-2,10-3)17-14-16(21-7)15-18(19(17)20)23(11-4,12-5)13-6;1-2;/h2*14-15,20H,8-13H2,1-7H3;1H2,2H3;/q;;;+2/p-2. The molecule has 0 N–H and O–H groups in total. The predicted molar refractivity (Wildman–Crippen MR) is 231 cm³/mol. The van der Waals surface area contributed by atoms with Gasteiger partial charge in [0.15, 0.2) is 0 Å². The molecule has 9 heteroatoms. The first-order chi connectivity index (χ1) is 23.5. The lowest BCUT2D eigenvalue weighted by Gasteiger charge is -2.39. The summed E-state index contributed by atoms with van der Waals surface area (Å²) in [5.41, 5.74) is 0. The summed E-state index contributed by atoms with van der Waals surface area (Å²) < 4.78 is 27.6. The van der Waals surface area contributed by atoms with Crippen LogP contribution in [-0.4, -0.2) is 61.3 Å². The van der Waals surface area contributed by atoms with Gasteiger partial charge in [-0.3, -0.25) is 0 Å².